The molecule has 2 aromatic carbocycles. The summed E-state index contributed by atoms with van der Waals surface area (Å²) in [7, 11) is 0. The Labute approximate surface area is 121 Å². The fourth-order valence-electron chi connectivity index (χ4n) is 1.83. The van der Waals surface area contributed by atoms with E-state index in [1.54, 1.807) is 0 Å². The van der Waals surface area contributed by atoms with Crippen molar-refractivity contribution < 1.29 is 9.72 Å². The van der Waals surface area contributed by atoms with Crippen molar-refractivity contribution in [2.24, 2.45) is 0 Å². The quantitative estimate of drug-likeness (QED) is 0.486. The number of benzene rings is 2. The number of carbonyl (C=O) groups is 1. The molecule has 0 unspecified atom stereocenters. The monoisotopic (exact) mass is 289 g/mol. The third-order valence-corrected chi connectivity index (χ3v) is 3.12. The Morgan fingerprint density at radius 3 is 2.45 bits per heavy atom. The third-order valence-electron chi connectivity index (χ3n) is 2.90. The summed E-state index contributed by atoms with van der Waals surface area (Å²) in [4.78, 5) is 22.3. The Morgan fingerprint density at radius 1 is 1.20 bits per heavy atom. The van der Waals surface area contributed by atoms with Crippen molar-refractivity contribution in [3.8, 4) is 0 Å². The molecule has 0 saturated heterocycles. The van der Waals surface area contributed by atoms with Gasteiger partial charge in [0.2, 0.25) is 0 Å². The number of hydrogen-bond acceptors (Lipinski definition) is 3. The van der Waals surface area contributed by atoms with E-state index in [4.69, 9.17) is 11.6 Å². The molecule has 0 aromatic heterocycles. The minimum Gasteiger partial charge on any atom is -0.294 e. The van der Waals surface area contributed by atoms with Crippen molar-refractivity contribution in [2.45, 2.75) is 13.3 Å². The van der Waals surface area contributed by atoms with Gasteiger partial charge in [0.25, 0.3) is 5.69 Å². The van der Waals surface area contributed by atoms with Gasteiger partial charge < -0.3 is 0 Å². The van der Waals surface area contributed by atoms with Gasteiger partial charge in [-0.1, -0.05) is 41.4 Å². The van der Waals surface area contributed by atoms with Crippen LogP contribution in [-0.2, 0) is 6.42 Å². The molecule has 0 aliphatic carbocycles. The maximum atomic E-state index is 12.1. The number of nitro groups is 1. The van der Waals surface area contributed by atoms with Crippen LogP contribution >= 0.6 is 11.6 Å². The fourth-order valence-corrected chi connectivity index (χ4v) is 2.06. The van der Waals surface area contributed by atoms with Gasteiger partial charge in [-0.05, 0) is 18.6 Å². The maximum absolute atomic E-state index is 12.1. The van der Waals surface area contributed by atoms with Gasteiger partial charge in [-0.2, -0.15) is 0 Å². The highest BCUT2D eigenvalue weighted by Crippen LogP contribution is 2.22. The van der Waals surface area contributed by atoms with Crippen molar-refractivity contribution >= 4 is 23.1 Å². The van der Waals surface area contributed by atoms with Crippen LogP contribution in [0.5, 0.6) is 0 Å². The first-order valence-electron chi connectivity index (χ1n) is 5.99. The summed E-state index contributed by atoms with van der Waals surface area (Å²) < 4.78 is 0. The lowest BCUT2D eigenvalue weighted by Crippen LogP contribution is -2.04. The van der Waals surface area contributed by atoms with Crippen molar-refractivity contribution in [2.75, 3.05) is 0 Å². The standard InChI is InChI=1S/C15H12ClNO3/c1-10-2-4-11(5-3-10)6-15(18)12-7-13(16)9-14(8-12)17(19)20/h2-5,7-9H,6H2,1H3. The van der Waals surface area contributed by atoms with E-state index >= 15 is 0 Å². The Morgan fingerprint density at radius 2 is 1.85 bits per heavy atom. The van der Waals surface area contributed by atoms with E-state index < -0.39 is 4.92 Å². The molecule has 0 N–H and O–H groups in total. The Balaban J connectivity index is 2.25. The molecule has 0 aliphatic rings. The second-order valence-electron chi connectivity index (χ2n) is 4.54. The topological polar surface area (TPSA) is 60.2 Å². The van der Waals surface area contributed by atoms with Gasteiger partial charge in [-0.15, -0.1) is 0 Å². The molecule has 0 atom stereocenters. The molecule has 0 spiro atoms. The number of carbonyl (C=O) groups excluding carboxylic acids is 1. The Kier molecular flexibility index (Phi) is 4.15. The predicted molar refractivity (Wildman–Crippen MR) is 77.3 cm³/mol. The minimum absolute atomic E-state index is 0.176. The average molecular weight is 290 g/mol. The molecule has 2 rings (SSSR count). The molecule has 102 valence electrons. The number of ketones is 1. The molecule has 0 heterocycles. The number of non-ortho nitro benzene ring substituents is 1. The zero-order valence-electron chi connectivity index (χ0n) is 10.8. The number of nitrogens with zero attached hydrogens (tertiary/aromatic N) is 1. The minimum atomic E-state index is -0.561. The fraction of sp³-hybridized carbons (Fsp3) is 0.133. The van der Waals surface area contributed by atoms with Gasteiger partial charge in [0.15, 0.2) is 5.78 Å². The van der Waals surface area contributed by atoms with Crippen LogP contribution in [0.3, 0.4) is 0 Å². The van der Waals surface area contributed by atoms with Crippen molar-refractivity contribution in [1.82, 2.24) is 0 Å². The van der Waals surface area contributed by atoms with Crippen LogP contribution in [0, 0.1) is 17.0 Å². The average Bonchev–Trinajstić information content (AvgIpc) is 2.40. The Hall–Kier alpha value is -2.20. The van der Waals surface area contributed by atoms with Crippen LogP contribution in [0.25, 0.3) is 0 Å². The van der Waals surface area contributed by atoms with Crippen LogP contribution in [-0.4, -0.2) is 10.7 Å². The van der Waals surface area contributed by atoms with Crippen molar-refractivity contribution in [3.63, 3.8) is 0 Å². The maximum Gasteiger partial charge on any atom is 0.271 e. The summed E-state index contributed by atoms with van der Waals surface area (Å²) in [5.41, 5.74) is 2.05. The van der Waals surface area contributed by atoms with Gasteiger partial charge in [0.05, 0.1) is 4.92 Å². The van der Waals surface area contributed by atoms with Crippen molar-refractivity contribution in [3.05, 3.63) is 74.3 Å². The number of Topliss-reactive ketones (excluding diaryl/α,β-unsaturated/α-hetero) is 1. The zero-order valence-corrected chi connectivity index (χ0v) is 11.6. The largest absolute Gasteiger partial charge is 0.294 e. The number of aryl methyl sites for hydroxylation is 1. The SMILES string of the molecule is Cc1ccc(CC(=O)c2cc(Cl)cc([N+](=O)[O-])c2)cc1. The summed E-state index contributed by atoms with van der Waals surface area (Å²) in [6.07, 6.45) is 0.192. The number of rotatable bonds is 4. The highest BCUT2D eigenvalue weighted by molar-refractivity contribution is 6.31. The summed E-state index contributed by atoms with van der Waals surface area (Å²) in [6, 6.07) is 11.5. The van der Waals surface area contributed by atoms with Crippen LogP contribution in [0.1, 0.15) is 21.5 Å². The van der Waals surface area contributed by atoms with Crippen LogP contribution in [0.2, 0.25) is 5.02 Å². The molecule has 0 aliphatic heterocycles. The predicted octanol–water partition coefficient (Wildman–Crippen LogP) is 3.98. The molecule has 2 aromatic rings. The summed E-state index contributed by atoms with van der Waals surface area (Å²) in [5, 5.41) is 10.9. The van der Waals surface area contributed by atoms with E-state index in [9.17, 15) is 14.9 Å². The molecule has 0 bridgehead atoms. The van der Waals surface area contributed by atoms with Gasteiger partial charge in [-0.25, -0.2) is 0 Å². The summed E-state index contributed by atoms with van der Waals surface area (Å²) >= 11 is 5.81. The first kappa shape index (κ1) is 14.2. The smallest absolute Gasteiger partial charge is 0.271 e. The van der Waals surface area contributed by atoms with Crippen LogP contribution in [0.4, 0.5) is 5.69 Å². The molecule has 0 fully saturated rings. The number of hydrogen-bond donors (Lipinski definition) is 0. The van der Waals surface area contributed by atoms with Crippen LogP contribution < -0.4 is 0 Å². The molecule has 4 nitrogen and oxygen atoms in total. The molecule has 5 heteroatoms. The molecule has 0 saturated carbocycles. The summed E-state index contributed by atoms with van der Waals surface area (Å²) in [6.45, 7) is 1.96. The second-order valence-corrected chi connectivity index (χ2v) is 4.98. The van der Waals surface area contributed by atoms with E-state index in [1.165, 1.54) is 18.2 Å². The van der Waals surface area contributed by atoms with E-state index in [1.807, 2.05) is 31.2 Å². The first-order chi connectivity index (χ1) is 9.45. The third kappa shape index (κ3) is 3.42. The number of nitro benzene ring substituents is 1. The van der Waals surface area contributed by atoms with E-state index in [0.29, 0.717) is 0 Å². The first-order valence-corrected chi connectivity index (χ1v) is 6.37. The lowest BCUT2D eigenvalue weighted by molar-refractivity contribution is -0.384. The highest BCUT2D eigenvalue weighted by atomic mass is 35.5. The van der Waals surface area contributed by atoms with Gasteiger partial charge >= 0.3 is 0 Å². The van der Waals surface area contributed by atoms with E-state index in [0.717, 1.165) is 11.1 Å². The molecular weight excluding hydrogens is 278 g/mol. The van der Waals surface area contributed by atoms with Crippen molar-refractivity contribution in [1.29, 1.82) is 0 Å². The second kappa shape index (κ2) is 5.84. The lowest BCUT2D eigenvalue weighted by Gasteiger charge is -2.03. The molecule has 0 radical (unpaired) electrons. The summed E-state index contributed by atoms with van der Waals surface area (Å²) in [5.74, 6) is -0.195. The highest BCUT2D eigenvalue weighted by Gasteiger charge is 2.14. The van der Waals surface area contributed by atoms with Crippen LogP contribution in [0.15, 0.2) is 42.5 Å². The lowest BCUT2D eigenvalue weighted by atomic mass is 10.0. The molecular formula is C15H12ClNO3. The zero-order chi connectivity index (χ0) is 14.7. The van der Waals surface area contributed by atoms with E-state index in [2.05, 4.69) is 0 Å². The molecule has 0 amide bonds. The van der Waals surface area contributed by atoms with Gasteiger partial charge in [0.1, 0.15) is 0 Å². The Bertz CT molecular complexity index is 665. The molecule has 20 heavy (non-hydrogen) atoms. The van der Waals surface area contributed by atoms with E-state index in [-0.39, 0.29) is 28.5 Å². The van der Waals surface area contributed by atoms with Gasteiger partial charge in [0, 0.05) is 29.1 Å². The number of halogens is 1. The normalized spacial score (nSPS) is 10.3. The van der Waals surface area contributed by atoms with Gasteiger partial charge in [-0.3, -0.25) is 14.9 Å².